The molecule has 0 bridgehead atoms. The Hall–Kier alpha value is -7.90. The molecule has 19 nitrogen and oxygen atoms in total. The van der Waals surface area contributed by atoms with Gasteiger partial charge in [-0.1, -0.05) is 162 Å². The molecule has 0 atom stereocenters. The maximum atomic E-state index is 13.7. The molecule has 4 heterocycles. The van der Waals surface area contributed by atoms with E-state index in [1.165, 1.54) is 0 Å². The molecule has 0 radical (unpaired) electrons. The van der Waals surface area contributed by atoms with Crippen molar-refractivity contribution in [3.8, 4) is 45.0 Å². The SMILES string of the molecule is CCCCCCC(=O)OCCn1nnc2c1-c1ccccc1CN(C(=O)CCC(=O)NCCOCCC)c1ccccc1-2.CCCCCCC(=O)OCCn1nnc2c1-c1ccccc1N(C(=O)CCC(=O)CCCOCCC)Cc1ccccc1-2. The number of hydrogen-bond donors (Lipinski definition) is 1. The first-order valence-corrected chi connectivity index (χ1v) is 31.1. The quantitative estimate of drug-likeness (QED) is 0.0299. The number of carbonyl (C=O) groups is 6. The second-order valence-electron chi connectivity index (χ2n) is 21.6. The van der Waals surface area contributed by atoms with Crippen molar-refractivity contribution in [1.29, 1.82) is 0 Å². The van der Waals surface area contributed by atoms with E-state index in [0.717, 1.165) is 120 Å². The largest absolute Gasteiger partial charge is 0.464 e. The number of aromatic nitrogens is 6. The molecule has 86 heavy (non-hydrogen) atoms. The summed E-state index contributed by atoms with van der Waals surface area (Å²) in [6, 6.07) is 31.1. The molecular formula is C67H87N9O10. The molecule has 3 amide bonds. The molecule has 0 saturated carbocycles. The molecule has 0 spiro atoms. The van der Waals surface area contributed by atoms with Crippen LogP contribution in [-0.4, -0.2) is 112 Å². The fourth-order valence-electron chi connectivity index (χ4n) is 10.5. The van der Waals surface area contributed by atoms with Crippen LogP contribution in [0.3, 0.4) is 0 Å². The van der Waals surface area contributed by atoms with E-state index in [0.29, 0.717) is 96.2 Å². The fraction of sp³-hybridized carbons (Fsp3) is 0.493. The Kier molecular flexibility index (Phi) is 27.1. The maximum absolute atomic E-state index is 13.7. The summed E-state index contributed by atoms with van der Waals surface area (Å²) in [4.78, 5) is 80.3. The first-order chi connectivity index (χ1) is 42.1. The Morgan fingerprint density at radius 3 is 1.50 bits per heavy atom. The van der Waals surface area contributed by atoms with Gasteiger partial charge in [0.25, 0.3) is 0 Å². The van der Waals surface area contributed by atoms with Crippen molar-refractivity contribution in [2.75, 3.05) is 56.0 Å². The molecule has 460 valence electrons. The summed E-state index contributed by atoms with van der Waals surface area (Å²) in [5.41, 5.74) is 9.67. The van der Waals surface area contributed by atoms with Crippen molar-refractivity contribution in [1.82, 2.24) is 35.3 Å². The van der Waals surface area contributed by atoms with Crippen molar-refractivity contribution in [2.24, 2.45) is 0 Å². The highest BCUT2D eigenvalue weighted by molar-refractivity contribution is 6.02. The minimum atomic E-state index is -0.204. The first kappa shape index (κ1) is 65.6. The van der Waals surface area contributed by atoms with Gasteiger partial charge in [0, 0.05) is 93.6 Å². The van der Waals surface area contributed by atoms with Crippen LogP contribution in [0.25, 0.3) is 45.0 Å². The summed E-state index contributed by atoms with van der Waals surface area (Å²) < 4.78 is 25.5. The zero-order valence-electron chi connectivity index (χ0n) is 50.9. The highest BCUT2D eigenvalue weighted by atomic mass is 16.5. The van der Waals surface area contributed by atoms with E-state index >= 15 is 0 Å². The van der Waals surface area contributed by atoms with Gasteiger partial charge >= 0.3 is 11.9 Å². The van der Waals surface area contributed by atoms with E-state index in [2.05, 4.69) is 46.7 Å². The van der Waals surface area contributed by atoms with E-state index < -0.39 is 0 Å². The summed E-state index contributed by atoms with van der Waals surface area (Å²) in [6.07, 6.45) is 12.5. The van der Waals surface area contributed by atoms with Crippen molar-refractivity contribution in [3.63, 3.8) is 0 Å². The smallest absolute Gasteiger partial charge is 0.305 e. The Labute approximate surface area is 506 Å². The van der Waals surface area contributed by atoms with Crippen molar-refractivity contribution < 1.29 is 47.7 Å². The highest BCUT2D eigenvalue weighted by Gasteiger charge is 2.31. The molecule has 8 rings (SSSR count). The van der Waals surface area contributed by atoms with E-state index in [-0.39, 0.29) is 74.3 Å². The van der Waals surface area contributed by atoms with Gasteiger partial charge in [0.15, 0.2) is 0 Å². The Bertz CT molecular complexity index is 3150. The third kappa shape index (κ3) is 19.1. The number of unbranched alkanes of at least 4 members (excludes halogenated alkanes) is 6. The second kappa shape index (κ2) is 35.5. The number of ketones is 1. The van der Waals surface area contributed by atoms with Crippen molar-refractivity contribution in [3.05, 3.63) is 108 Å². The Morgan fingerprint density at radius 2 is 0.919 bits per heavy atom. The summed E-state index contributed by atoms with van der Waals surface area (Å²) in [6.45, 7) is 12.9. The normalized spacial score (nSPS) is 12.0. The van der Waals surface area contributed by atoms with Gasteiger partial charge in [-0.2, -0.15) is 0 Å². The monoisotopic (exact) mass is 1180 g/mol. The Morgan fingerprint density at radius 1 is 0.442 bits per heavy atom. The van der Waals surface area contributed by atoms with Crippen LogP contribution in [0, 0.1) is 0 Å². The lowest BCUT2D eigenvalue weighted by atomic mass is 9.95. The summed E-state index contributed by atoms with van der Waals surface area (Å²) in [5, 5.41) is 20.8. The van der Waals surface area contributed by atoms with Gasteiger partial charge in [-0.3, -0.25) is 28.8 Å². The molecule has 0 saturated heterocycles. The van der Waals surface area contributed by atoms with Crippen LogP contribution in [0.1, 0.15) is 154 Å². The molecule has 2 aliphatic heterocycles. The number of para-hydroxylation sites is 2. The van der Waals surface area contributed by atoms with E-state index in [1.54, 1.807) is 19.2 Å². The number of carbonyl (C=O) groups excluding carboxylic acids is 6. The van der Waals surface area contributed by atoms with E-state index in [9.17, 15) is 28.8 Å². The predicted molar refractivity (Wildman–Crippen MR) is 332 cm³/mol. The molecule has 2 aromatic heterocycles. The van der Waals surface area contributed by atoms with Gasteiger partial charge < -0.3 is 34.1 Å². The number of nitrogens with zero attached hydrogens (tertiary/aromatic N) is 8. The molecular weight excluding hydrogens is 1090 g/mol. The molecule has 2 aliphatic rings. The fourth-order valence-corrected chi connectivity index (χ4v) is 10.5. The molecule has 0 fully saturated rings. The average Bonchev–Trinajstić information content (AvgIpc) is 1.94. The zero-order chi connectivity index (χ0) is 60.9. The van der Waals surface area contributed by atoms with Crippen LogP contribution < -0.4 is 15.1 Å². The molecule has 0 aliphatic carbocycles. The lowest BCUT2D eigenvalue weighted by Crippen LogP contribution is -2.33. The van der Waals surface area contributed by atoms with Crippen LogP contribution in [0.4, 0.5) is 11.4 Å². The summed E-state index contributed by atoms with van der Waals surface area (Å²) in [5.74, 6) is -0.777. The lowest BCUT2D eigenvalue weighted by Gasteiger charge is -2.28. The highest BCUT2D eigenvalue weighted by Crippen LogP contribution is 2.43. The molecule has 19 heteroatoms. The summed E-state index contributed by atoms with van der Waals surface area (Å²) >= 11 is 0. The summed E-state index contributed by atoms with van der Waals surface area (Å²) in [7, 11) is 0. The Balaban J connectivity index is 0.000000246. The zero-order valence-corrected chi connectivity index (χ0v) is 50.9. The van der Waals surface area contributed by atoms with Crippen molar-refractivity contribution >= 4 is 46.8 Å². The number of hydrogen-bond acceptors (Lipinski definition) is 14. The average molecular weight is 1180 g/mol. The van der Waals surface area contributed by atoms with E-state index in [4.69, 9.17) is 18.9 Å². The lowest BCUT2D eigenvalue weighted by molar-refractivity contribution is -0.145. The van der Waals surface area contributed by atoms with E-state index in [1.807, 2.05) is 104 Å². The topological polar surface area (TPSA) is 219 Å². The number of esters is 2. The molecule has 4 aromatic carbocycles. The minimum absolute atomic E-state index is 0.0682. The number of ether oxygens (including phenoxy) is 4. The van der Waals surface area contributed by atoms with Gasteiger partial charge in [0.2, 0.25) is 17.7 Å². The number of nitrogens with one attached hydrogen (secondary N) is 1. The third-order valence-electron chi connectivity index (χ3n) is 15.0. The second-order valence-corrected chi connectivity index (χ2v) is 21.6. The molecule has 6 aromatic rings. The van der Waals surface area contributed by atoms with Gasteiger partial charge in [-0.15, -0.1) is 10.2 Å². The van der Waals surface area contributed by atoms with Gasteiger partial charge in [-0.05, 0) is 55.4 Å². The number of anilines is 2. The standard InChI is InChI=1S/C34H44N4O5.C33H43N5O5/c1-3-5-6-7-18-32(41)43-24-21-38-34-29-16-10-11-17-30(29)37(25-26-13-8-9-15-28(26)33(34)35-36-38)31(40)20-19-27(39)14-12-23-42-22-4-2;1-3-5-6-7-16-31(41)43-23-20-38-33-26-13-9-8-12-25(26)24-37(28-15-11-10-14-27(28)32(33)35-36-38)30(40)18-17-29(39)34-19-22-42-21-4-2/h8-11,13,15-17H,3-7,12,14,18-25H2,1-2H3;8-15H,3-7,16-24H2,1-2H3,(H,34,39). The number of fused-ring (bicyclic) bond motifs is 10. The maximum Gasteiger partial charge on any atom is 0.305 e. The molecule has 0 unspecified atom stereocenters. The molecule has 1 N–H and O–H groups in total. The van der Waals surface area contributed by atoms with Gasteiger partial charge in [0.05, 0.1) is 55.5 Å². The van der Waals surface area contributed by atoms with Crippen molar-refractivity contribution in [2.45, 2.75) is 169 Å². The van der Waals surface area contributed by atoms with Crippen LogP contribution in [0.5, 0.6) is 0 Å². The van der Waals surface area contributed by atoms with Gasteiger partial charge in [0.1, 0.15) is 30.4 Å². The van der Waals surface area contributed by atoms with Crippen LogP contribution in [-0.2, 0) is 73.9 Å². The van der Waals surface area contributed by atoms with Crippen LogP contribution >= 0.6 is 0 Å². The van der Waals surface area contributed by atoms with Crippen LogP contribution in [0.15, 0.2) is 97.1 Å². The van der Waals surface area contributed by atoms with Crippen LogP contribution in [0.2, 0.25) is 0 Å². The van der Waals surface area contributed by atoms with Gasteiger partial charge in [-0.25, -0.2) is 9.36 Å². The first-order valence-electron chi connectivity index (χ1n) is 31.1. The predicted octanol–water partition coefficient (Wildman–Crippen LogP) is 11.8. The number of benzene rings is 4. The third-order valence-corrected chi connectivity index (χ3v) is 15.0. The number of amides is 3. The number of Topliss-reactive ketones (excluding diaryl/α,β-unsaturated/α-hetero) is 1. The number of rotatable bonds is 33. The minimum Gasteiger partial charge on any atom is -0.464 e.